The highest BCUT2D eigenvalue weighted by molar-refractivity contribution is 5.80. The molecule has 5 aromatic carbocycles. The molecule has 0 atom stereocenters. The molecule has 0 aliphatic carbocycles. The van der Waals surface area contributed by atoms with Crippen LogP contribution in [0.1, 0.15) is 13.8 Å². The Labute approximate surface area is 236 Å². The molecule has 1 aromatic heterocycles. The van der Waals surface area contributed by atoms with Gasteiger partial charge in [0.25, 0.3) is 0 Å². The van der Waals surface area contributed by atoms with Gasteiger partial charge >= 0.3 is 0 Å². The first-order valence-corrected chi connectivity index (χ1v) is 13.6. The number of benzene rings is 5. The van der Waals surface area contributed by atoms with Gasteiger partial charge in [-0.25, -0.2) is 4.98 Å². The predicted octanol–water partition coefficient (Wildman–Crippen LogP) is 9.61. The molecule has 4 N–H and O–H groups in total. The third-order valence-electron chi connectivity index (χ3n) is 6.71. The molecule has 3 heteroatoms. The lowest BCUT2D eigenvalue weighted by Gasteiger charge is -2.12. The number of hydrogen-bond acceptors (Lipinski definition) is 3. The molecular formula is C37H33N3. The zero-order valence-electron chi connectivity index (χ0n) is 22.9. The van der Waals surface area contributed by atoms with Crippen LogP contribution in [-0.4, -0.2) is 4.98 Å². The molecule has 0 amide bonds. The highest BCUT2D eigenvalue weighted by atomic mass is 14.7. The summed E-state index contributed by atoms with van der Waals surface area (Å²) < 4.78 is 0. The summed E-state index contributed by atoms with van der Waals surface area (Å²) in [5, 5.41) is 0. The van der Waals surface area contributed by atoms with Gasteiger partial charge in [-0.15, -0.1) is 0 Å². The van der Waals surface area contributed by atoms with E-state index < -0.39 is 0 Å². The monoisotopic (exact) mass is 519 g/mol. The molecule has 0 bridgehead atoms. The standard InChI is InChI=1S/C35H27N3.C2H6/c36-32-13-5-10-28(20-32)27-9-4-11-29(19-27)34-22-31(23-35(38-34)30-12-6-14-33(37)21-30)26-17-15-25(16-18-26)24-7-2-1-3-8-24;1-2/h1-23H,36-37H2;1-2H3. The Morgan fingerprint density at radius 3 is 1.32 bits per heavy atom. The predicted molar refractivity (Wildman–Crippen MR) is 172 cm³/mol. The Morgan fingerprint density at radius 2 is 0.750 bits per heavy atom. The molecule has 6 aromatic rings. The van der Waals surface area contributed by atoms with Crippen molar-refractivity contribution in [3.8, 4) is 55.9 Å². The van der Waals surface area contributed by atoms with Gasteiger partial charge in [-0.1, -0.05) is 111 Å². The van der Waals surface area contributed by atoms with E-state index in [9.17, 15) is 0 Å². The minimum Gasteiger partial charge on any atom is -0.399 e. The van der Waals surface area contributed by atoms with Gasteiger partial charge < -0.3 is 11.5 Å². The lowest BCUT2D eigenvalue weighted by molar-refractivity contribution is 1.32. The third-order valence-corrected chi connectivity index (χ3v) is 6.71. The maximum atomic E-state index is 6.12. The van der Waals surface area contributed by atoms with E-state index in [1.54, 1.807) is 0 Å². The van der Waals surface area contributed by atoms with Gasteiger partial charge in [0.2, 0.25) is 0 Å². The molecule has 0 radical (unpaired) electrons. The molecule has 0 aliphatic heterocycles. The van der Waals surface area contributed by atoms with E-state index >= 15 is 0 Å². The van der Waals surface area contributed by atoms with Crippen molar-refractivity contribution in [3.63, 3.8) is 0 Å². The van der Waals surface area contributed by atoms with E-state index in [1.807, 2.05) is 62.4 Å². The van der Waals surface area contributed by atoms with E-state index in [2.05, 4.69) is 91.0 Å². The fourth-order valence-electron chi connectivity index (χ4n) is 4.75. The van der Waals surface area contributed by atoms with Crippen LogP contribution in [0, 0.1) is 0 Å². The van der Waals surface area contributed by atoms with E-state index in [1.165, 1.54) is 11.1 Å². The van der Waals surface area contributed by atoms with Crippen molar-refractivity contribution < 1.29 is 0 Å². The number of rotatable bonds is 5. The van der Waals surface area contributed by atoms with E-state index in [0.717, 1.165) is 50.5 Å². The molecule has 0 fully saturated rings. The van der Waals surface area contributed by atoms with Gasteiger partial charge in [0.1, 0.15) is 0 Å². The SMILES string of the molecule is CC.Nc1cccc(-c2cccc(-c3cc(-c4ccc(-c5ccccc5)cc4)cc(-c4cccc(N)c4)n3)c2)c1. The summed E-state index contributed by atoms with van der Waals surface area (Å²) in [4.78, 5) is 5.08. The van der Waals surface area contributed by atoms with Crippen LogP contribution in [0.4, 0.5) is 11.4 Å². The van der Waals surface area contributed by atoms with Crippen molar-refractivity contribution in [3.05, 3.63) is 140 Å². The van der Waals surface area contributed by atoms with Crippen LogP contribution in [0.15, 0.2) is 140 Å². The Morgan fingerprint density at radius 1 is 0.350 bits per heavy atom. The topological polar surface area (TPSA) is 64.9 Å². The highest BCUT2D eigenvalue weighted by Gasteiger charge is 2.11. The first-order valence-electron chi connectivity index (χ1n) is 13.6. The second-order valence-electron chi connectivity index (χ2n) is 9.40. The Balaban J connectivity index is 0.00000158. The Kier molecular flexibility index (Phi) is 8.03. The van der Waals surface area contributed by atoms with Gasteiger partial charge in [0.05, 0.1) is 11.4 Å². The van der Waals surface area contributed by atoms with Crippen LogP contribution in [0.25, 0.3) is 55.9 Å². The van der Waals surface area contributed by atoms with Gasteiger partial charge in [-0.2, -0.15) is 0 Å². The number of anilines is 2. The molecule has 0 aliphatic rings. The van der Waals surface area contributed by atoms with Crippen molar-refractivity contribution in [2.75, 3.05) is 11.5 Å². The highest BCUT2D eigenvalue weighted by Crippen LogP contribution is 2.33. The largest absolute Gasteiger partial charge is 0.399 e. The fourth-order valence-corrected chi connectivity index (χ4v) is 4.75. The van der Waals surface area contributed by atoms with E-state index in [-0.39, 0.29) is 0 Å². The molecule has 196 valence electrons. The van der Waals surface area contributed by atoms with Crippen molar-refractivity contribution in [2.45, 2.75) is 13.8 Å². The molecule has 1 heterocycles. The molecule has 0 spiro atoms. The van der Waals surface area contributed by atoms with Crippen LogP contribution < -0.4 is 11.5 Å². The van der Waals surface area contributed by atoms with Gasteiger partial charge in [-0.3, -0.25) is 0 Å². The van der Waals surface area contributed by atoms with Crippen LogP contribution >= 0.6 is 0 Å². The van der Waals surface area contributed by atoms with Crippen LogP contribution in [0.5, 0.6) is 0 Å². The number of aromatic nitrogens is 1. The minimum atomic E-state index is 0.715. The van der Waals surface area contributed by atoms with Crippen LogP contribution in [-0.2, 0) is 0 Å². The number of nitrogens with zero attached hydrogens (tertiary/aromatic N) is 1. The lowest BCUT2D eigenvalue weighted by atomic mass is 9.96. The van der Waals surface area contributed by atoms with Gasteiger partial charge in [-0.05, 0) is 75.8 Å². The number of nitrogens with two attached hydrogens (primary N) is 2. The molecular weight excluding hydrogens is 486 g/mol. The molecule has 0 saturated heterocycles. The van der Waals surface area contributed by atoms with Crippen molar-refractivity contribution >= 4 is 11.4 Å². The summed E-state index contributed by atoms with van der Waals surface area (Å²) in [6.07, 6.45) is 0. The smallest absolute Gasteiger partial charge is 0.0716 e. The minimum absolute atomic E-state index is 0.715. The van der Waals surface area contributed by atoms with Gasteiger partial charge in [0.15, 0.2) is 0 Å². The zero-order valence-corrected chi connectivity index (χ0v) is 22.9. The lowest BCUT2D eigenvalue weighted by Crippen LogP contribution is -1.93. The van der Waals surface area contributed by atoms with E-state index in [4.69, 9.17) is 16.5 Å². The molecule has 0 saturated carbocycles. The average Bonchev–Trinajstić information content (AvgIpc) is 3.02. The summed E-state index contributed by atoms with van der Waals surface area (Å²) in [6, 6.07) is 47.7. The number of nitrogen functional groups attached to an aromatic ring is 2. The Hall–Kier alpha value is -5.15. The molecule has 3 nitrogen and oxygen atoms in total. The third kappa shape index (κ3) is 5.95. The summed E-state index contributed by atoms with van der Waals surface area (Å²) in [5.74, 6) is 0. The maximum Gasteiger partial charge on any atom is 0.0716 e. The first-order chi connectivity index (χ1) is 19.6. The molecule has 0 unspecified atom stereocenters. The second-order valence-corrected chi connectivity index (χ2v) is 9.40. The van der Waals surface area contributed by atoms with Crippen LogP contribution in [0.3, 0.4) is 0 Å². The normalized spacial score (nSPS) is 10.4. The average molecular weight is 520 g/mol. The summed E-state index contributed by atoms with van der Waals surface area (Å²) in [5.41, 5.74) is 24.2. The summed E-state index contributed by atoms with van der Waals surface area (Å²) in [6.45, 7) is 4.00. The van der Waals surface area contributed by atoms with Crippen molar-refractivity contribution in [2.24, 2.45) is 0 Å². The van der Waals surface area contributed by atoms with Crippen molar-refractivity contribution in [1.82, 2.24) is 4.98 Å². The summed E-state index contributed by atoms with van der Waals surface area (Å²) >= 11 is 0. The first kappa shape index (κ1) is 26.5. The maximum absolute atomic E-state index is 6.12. The van der Waals surface area contributed by atoms with Crippen LogP contribution in [0.2, 0.25) is 0 Å². The quantitative estimate of drug-likeness (QED) is 0.223. The van der Waals surface area contributed by atoms with Gasteiger partial charge in [0, 0.05) is 22.5 Å². The second kappa shape index (κ2) is 12.1. The zero-order chi connectivity index (χ0) is 27.9. The number of pyridine rings is 1. The van der Waals surface area contributed by atoms with Crippen molar-refractivity contribution in [1.29, 1.82) is 0 Å². The summed E-state index contributed by atoms with van der Waals surface area (Å²) in [7, 11) is 0. The Bertz CT molecular complexity index is 1720. The van der Waals surface area contributed by atoms with E-state index in [0.29, 0.717) is 5.69 Å². The molecule has 6 rings (SSSR count). The fraction of sp³-hybridized carbons (Fsp3) is 0.0541. The molecule has 40 heavy (non-hydrogen) atoms. The number of hydrogen-bond donors (Lipinski definition) is 2.